The predicted molar refractivity (Wildman–Crippen MR) is 217 cm³/mol. The number of nitrogens with one attached hydrogen (secondary N) is 2. The lowest BCUT2D eigenvalue weighted by Gasteiger charge is -2.37. The highest BCUT2D eigenvalue weighted by molar-refractivity contribution is 8.00. The summed E-state index contributed by atoms with van der Waals surface area (Å²) in [5, 5.41) is 6.69. The molecule has 5 rings (SSSR count). The Morgan fingerprint density at radius 2 is 1.21 bits per heavy atom. The molecule has 0 heterocycles. The number of carbonyl (C=O) groups is 2. The van der Waals surface area contributed by atoms with Gasteiger partial charge >= 0.3 is 12.1 Å². The van der Waals surface area contributed by atoms with Crippen molar-refractivity contribution in [3.63, 3.8) is 0 Å². The van der Waals surface area contributed by atoms with Crippen LogP contribution in [0.15, 0.2) is 133 Å². The second-order valence-electron chi connectivity index (χ2n) is 14.8. The zero-order valence-corrected chi connectivity index (χ0v) is 32.5. The molecule has 0 fully saturated rings. The number of anilines is 1. The number of thioether (sulfide) groups is 1. The van der Waals surface area contributed by atoms with Gasteiger partial charge in [-0.1, -0.05) is 103 Å². The van der Waals surface area contributed by atoms with Gasteiger partial charge < -0.3 is 24.8 Å². The summed E-state index contributed by atoms with van der Waals surface area (Å²) in [5.41, 5.74) is 5.12. The van der Waals surface area contributed by atoms with E-state index in [-0.39, 0.29) is 12.0 Å². The maximum Gasteiger partial charge on any atom is 0.407 e. The van der Waals surface area contributed by atoms with E-state index in [1.165, 1.54) is 0 Å². The molecule has 0 bridgehead atoms. The van der Waals surface area contributed by atoms with Crippen LogP contribution < -0.4 is 15.4 Å². The summed E-state index contributed by atoms with van der Waals surface area (Å²) < 4.78 is 16.6. The van der Waals surface area contributed by atoms with E-state index in [4.69, 9.17) is 14.2 Å². The van der Waals surface area contributed by atoms with Crippen LogP contribution in [0.5, 0.6) is 5.75 Å². The Labute approximate surface area is 318 Å². The summed E-state index contributed by atoms with van der Waals surface area (Å²) in [4.78, 5) is 26.1. The summed E-state index contributed by atoms with van der Waals surface area (Å²) in [6.45, 7) is 11.5. The molecule has 53 heavy (non-hydrogen) atoms. The van der Waals surface area contributed by atoms with Gasteiger partial charge in [0.05, 0.1) is 23.5 Å². The van der Waals surface area contributed by atoms with E-state index in [0.717, 1.165) is 33.5 Å². The summed E-state index contributed by atoms with van der Waals surface area (Å²) in [7, 11) is 1.63. The normalized spacial score (nSPS) is 12.4. The standard InChI is InChI=1S/C45H50N2O5S/c1-43(2,3)51-41(48)33-19-17-18-32(28-33)39-27-26-37(29-40(39)50-7)46-30-38(47-42(49)52-44(4,5)6)31-53-45(34-20-11-8-12-21-34,35-22-13-9-14-23-35)36-24-15-10-16-25-36/h8-29,38,46H,30-31H2,1-7H3,(H,47,49)/t38-/m1/s1. The predicted octanol–water partition coefficient (Wildman–Crippen LogP) is 10.3. The van der Waals surface area contributed by atoms with Gasteiger partial charge in [0.15, 0.2) is 0 Å². The molecule has 0 aliphatic carbocycles. The lowest BCUT2D eigenvalue weighted by Crippen LogP contribution is -2.45. The van der Waals surface area contributed by atoms with Crippen molar-refractivity contribution in [1.82, 2.24) is 5.32 Å². The first-order chi connectivity index (χ1) is 25.3. The molecular formula is C45H50N2O5S. The minimum Gasteiger partial charge on any atom is -0.496 e. The largest absolute Gasteiger partial charge is 0.496 e. The molecule has 7 nitrogen and oxygen atoms in total. The number of amides is 1. The van der Waals surface area contributed by atoms with Gasteiger partial charge in [0.1, 0.15) is 17.0 Å². The molecule has 0 aliphatic rings. The Bertz CT molecular complexity index is 1860. The fourth-order valence-electron chi connectivity index (χ4n) is 6.05. The minimum absolute atomic E-state index is 0.332. The van der Waals surface area contributed by atoms with Crippen LogP contribution in [-0.2, 0) is 14.2 Å². The highest BCUT2D eigenvalue weighted by Gasteiger charge is 2.38. The van der Waals surface area contributed by atoms with Crippen LogP contribution >= 0.6 is 11.8 Å². The second kappa shape index (κ2) is 17.1. The number of ether oxygens (including phenoxy) is 3. The van der Waals surface area contributed by atoms with Gasteiger partial charge in [0.25, 0.3) is 0 Å². The molecule has 0 aromatic heterocycles. The van der Waals surface area contributed by atoms with Crippen LogP contribution in [0.2, 0.25) is 0 Å². The molecule has 0 saturated heterocycles. The van der Waals surface area contributed by atoms with Gasteiger partial charge in [-0.05, 0) is 88.1 Å². The minimum atomic E-state index is -0.652. The molecule has 0 spiro atoms. The van der Waals surface area contributed by atoms with Crippen LogP contribution in [0.4, 0.5) is 10.5 Å². The van der Waals surface area contributed by atoms with E-state index in [2.05, 4.69) is 83.4 Å². The van der Waals surface area contributed by atoms with Gasteiger partial charge in [-0.15, -0.1) is 11.8 Å². The molecule has 1 atom stereocenters. The van der Waals surface area contributed by atoms with Gasteiger partial charge in [0.2, 0.25) is 0 Å². The SMILES string of the molecule is COc1cc(NC[C@H](CSC(c2ccccc2)(c2ccccc2)c2ccccc2)NC(=O)OC(C)(C)C)ccc1-c1cccc(C(=O)OC(C)(C)C)c1. The summed E-state index contributed by atoms with van der Waals surface area (Å²) >= 11 is 1.77. The average molecular weight is 731 g/mol. The Kier molecular flexibility index (Phi) is 12.6. The molecule has 0 aliphatic heterocycles. The highest BCUT2D eigenvalue weighted by Crippen LogP contribution is 2.48. The monoisotopic (exact) mass is 730 g/mol. The van der Waals surface area contributed by atoms with Crippen LogP contribution in [-0.4, -0.2) is 48.7 Å². The first-order valence-corrected chi connectivity index (χ1v) is 18.8. The first kappa shape index (κ1) is 39.0. The molecule has 276 valence electrons. The van der Waals surface area contributed by atoms with Gasteiger partial charge in [-0.3, -0.25) is 0 Å². The molecular weight excluding hydrogens is 681 g/mol. The lowest BCUT2D eigenvalue weighted by molar-refractivity contribution is 0.00692. The molecule has 0 radical (unpaired) electrons. The van der Waals surface area contributed by atoms with E-state index in [9.17, 15) is 9.59 Å². The van der Waals surface area contributed by atoms with Crippen molar-refractivity contribution in [3.05, 3.63) is 156 Å². The van der Waals surface area contributed by atoms with Crippen molar-refractivity contribution in [3.8, 4) is 16.9 Å². The maximum atomic E-state index is 13.2. The summed E-state index contributed by atoms with van der Waals surface area (Å²) in [6, 6.07) is 44.4. The smallest absolute Gasteiger partial charge is 0.407 e. The lowest BCUT2D eigenvalue weighted by atomic mass is 9.84. The zero-order valence-electron chi connectivity index (χ0n) is 31.6. The fraction of sp³-hybridized carbons (Fsp3) is 0.289. The molecule has 2 N–H and O–H groups in total. The van der Waals surface area contributed by atoms with E-state index in [1.807, 2.05) is 96.1 Å². The van der Waals surface area contributed by atoms with E-state index >= 15 is 0 Å². The Morgan fingerprint density at radius 1 is 0.660 bits per heavy atom. The second-order valence-corrected chi connectivity index (χ2v) is 16.0. The molecule has 5 aromatic rings. The van der Waals surface area contributed by atoms with Gasteiger partial charge in [0, 0.05) is 29.6 Å². The van der Waals surface area contributed by atoms with E-state index in [1.54, 1.807) is 24.9 Å². The van der Waals surface area contributed by atoms with Crippen molar-refractivity contribution >= 4 is 29.5 Å². The van der Waals surface area contributed by atoms with Crippen molar-refractivity contribution in [2.75, 3.05) is 24.7 Å². The number of esters is 1. The Morgan fingerprint density at radius 3 is 1.72 bits per heavy atom. The van der Waals surface area contributed by atoms with E-state index < -0.39 is 22.0 Å². The molecule has 0 unspecified atom stereocenters. The van der Waals surface area contributed by atoms with E-state index in [0.29, 0.717) is 23.6 Å². The third kappa shape index (κ3) is 10.4. The topological polar surface area (TPSA) is 85.9 Å². The van der Waals surface area contributed by atoms with Crippen LogP contribution in [0.25, 0.3) is 11.1 Å². The molecule has 1 amide bonds. The number of alkyl carbamates (subject to hydrolysis) is 1. The Balaban J connectivity index is 1.44. The zero-order chi connectivity index (χ0) is 38.1. The summed E-state index contributed by atoms with van der Waals surface area (Å²) in [5.74, 6) is 0.810. The quantitative estimate of drug-likeness (QED) is 0.0921. The van der Waals surface area contributed by atoms with Crippen LogP contribution in [0.1, 0.15) is 68.6 Å². The molecule has 8 heteroatoms. The van der Waals surface area contributed by atoms with Crippen molar-refractivity contribution in [2.24, 2.45) is 0 Å². The first-order valence-electron chi connectivity index (χ1n) is 17.8. The van der Waals surface area contributed by atoms with Gasteiger partial charge in [-0.2, -0.15) is 0 Å². The van der Waals surface area contributed by atoms with Crippen LogP contribution in [0, 0.1) is 0 Å². The highest BCUT2D eigenvalue weighted by atomic mass is 32.2. The number of hydrogen-bond acceptors (Lipinski definition) is 7. The Hall–Kier alpha value is -5.21. The van der Waals surface area contributed by atoms with Crippen molar-refractivity contribution in [2.45, 2.75) is 63.5 Å². The van der Waals surface area contributed by atoms with Gasteiger partial charge in [-0.25, -0.2) is 9.59 Å². The number of rotatable bonds is 13. The fourth-order valence-corrected chi connectivity index (χ4v) is 7.61. The van der Waals surface area contributed by atoms with Crippen molar-refractivity contribution in [1.29, 1.82) is 0 Å². The number of methoxy groups -OCH3 is 1. The molecule has 0 saturated carbocycles. The summed E-state index contributed by atoms with van der Waals surface area (Å²) in [6.07, 6.45) is -0.479. The number of carbonyl (C=O) groups excluding carboxylic acids is 2. The number of benzene rings is 5. The van der Waals surface area contributed by atoms with Crippen molar-refractivity contribution < 1.29 is 23.8 Å². The third-order valence-corrected chi connectivity index (χ3v) is 10.0. The average Bonchev–Trinajstić information content (AvgIpc) is 3.13. The van der Waals surface area contributed by atoms with Crippen LogP contribution in [0.3, 0.4) is 0 Å². The maximum absolute atomic E-state index is 13.2. The number of hydrogen-bond donors (Lipinski definition) is 2. The molecule has 5 aromatic carbocycles. The third-order valence-electron chi connectivity index (χ3n) is 8.33.